The van der Waals surface area contributed by atoms with Crippen LogP contribution in [0.1, 0.15) is 19.3 Å². The van der Waals surface area contributed by atoms with Gasteiger partial charge in [-0.1, -0.05) is 11.6 Å². The van der Waals surface area contributed by atoms with Gasteiger partial charge in [-0.05, 0) is 43.5 Å². The minimum atomic E-state index is -3.34. The molecule has 2 aromatic heterocycles. The summed E-state index contributed by atoms with van der Waals surface area (Å²) in [6.07, 6.45) is 7.63. The third kappa shape index (κ3) is 5.23. The number of fused-ring (bicyclic) bond motifs is 1. The highest BCUT2D eigenvalue weighted by Crippen LogP contribution is 2.29. The summed E-state index contributed by atoms with van der Waals surface area (Å²) in [4.78, 5) is 16.1. The molecule has 3 heterocycles. The predicted octanol–water partition coefficient (Wildman–Crippen LogP) is 3.83. The molecule has 4 rings (SSSR count). The van der Waals surface area contributed by atoms with E-state index in [-0.39, 0.29) is 9.92 Å². The van der Waals surface area contributed by atoms with Crippen molar-refractivity contribution in [1.29, 1.82) is 0 Å². The molecule has 3 aromatic rings. The number of hydrogen-bond acceptors (Lipinski definition) is 8. The predicted molar refractivity (Wildman–Crippen MR) is 122 cm³/mol. The van der Waals surface area contributed by atoms with Gasteiger partial charge in [0.05, 0.1) is 15.6 Å². The quantitative estimate of drug-likeness (QED) is 0.626. The van der Waals surface area contributed by atoms with Gasteiger partial charge in [-0.3, -0.25) is 0 Å². The fourth-order valence-electron chi connectivity index (χ4n) is 3.47. The molecule has 10 heteroatoms. The van der Waals surface area contributed by atoms with Crippen LogP contribution in [-0.4, -0.2) is 55.9 Å². The number of aromatic nitrogens is 3. The number of nitrogens with one attached hydrogen (secondary N) is 1. The first-order valence-corrected chi connectivity index (χ1v) is 12.4. The van der Waals surface area contributed by atoms with Crippen LogP contribution in [0.2, 0.25) is 5.02 Å². The van der Waals surface area contributed by atoms with Crippen LogP contribution in [0.4, 0.5) is 17.5 Å². The average molecular weight is 462 g/mol. The molecule has 0 amide bonds. The van der Waals surface area contributed by atoms with Crippen LogP contribution in [0.25, 0.3) is 10.9 Å². The molecule has 0 aliphatic carbocycles. The van der Waals surface area contributed by atoms with Gasteiger partial charge < -0.3 is 15.0 Å². The van der Waals surface area contributed by atoms with E-state index in [1.54, 1.807) is 18.5 Å². The number of rotatable bonds is 4. The monoisotopic (exact) mass is 461 g/mol. The lowest BCUT2D eigenvalue weighted by Crippen LogP contribution is -2.27. The second kappa shape index (κ2) is 9.33. The zero-order chi connectivity index (χ0) is 21.8. The second-order valence-corrected chi connectivity index (χ2v) is 9.89. The van der Waals surface area contributed by atoms with Crippen LogP contribution in [0.15, 0.2) is 41.6 Å². The Morgan fingerprint density at radius 2 is 1.90 bits per heavy atom. The second-order valence-electron chi connectivity index (χ2n) is 7.46. The van der Waals surface area contributed by atoms with Crippen molar-refractivity contribution in [2.45, 2.75) is 24.2 Å². The Hall–Kier alpha value is -2.49. The average Bonchev–Trinajstić information content (AvgIpc) is 2.88. The summed E-state index contributed by atoms with van der Waals surface area (Å²) < 4.78 is 29.1. The Morgan fingerprint density at radius 1 is 1.10 bits per heavy atom. The number of nitrogens with zero attached hydrogens (tertiary/aromatic N) is 4. The molecule has 1 aliphatic rings. The van der Waals surface area contributed by atoms with Crippen LogP contribution < -0.4 is 10.2 Å². The summed E-state index contributed by atoms with van der Waals surface area (Å²) in [6.45, 7) is 3.27. The lowest BCUT2D eigenvalue weighted by atomic mass is 10.2. The molecule has 8 nitrogen and oxygen atoms in total. The van der Waals surface area contributed by atoms with Crippen molar-refractivity contribution >= 4 is 49.8 Å². The van der Waals surface area contributed by atoms with E-state index in [1.165, 1.54) is 12.1 Å². The summed E-state index contributed by atoms with van der Waals surface area (Å²) in [5, 5.41) is 4.26. The SMILES string of the molecule is CS(=O)(=O)c1ccc(Nc2ncc3ccnc(N4CCCCOCCC4)c3n2)c(Cl)c1. The number of benzene rings is 1. The summed E-state index contributed by atoms with van der Waals surface area (Å²) in [5.41, 5.74) is 1.28. The van der Waals surface area contributed by atoms with Crippen molar-refractivity contribution in [2.75, 3.05) is 42.8 Å². The van der Waals surface area contributed by atoms with E-state index < -0.39 is 9.84 Å². The van der Waals surface area contributed by atoms with E-state index in [1.807, 2.05) is 6.07 Å². The topological polar surface area (TPSA) is 97.3 Å². The van der Waals surface area contributed by atoms with E-state index in [4.69, 9.17) is 21.3 Å². The molecule has 0 unspecified atom stereocenters. The van der Waals surface area contributed by atoms with Crippen LogP contribution in [-0.2, 0) is 14.6 Å². The summed E-state index contributed by atoms with van der Waals surface area (Å²) >= 11 is 6.29. The largest absolute Gasteiger partial charge is 0.381 e. The molecular formula is C21H24ClN5O3S. The van der Waals surface area contributed by atoms with E-state index in [9.17, 15) is 8.42 Å². The number of pyridine rings is 1. The number of halogens is 1. The van der Waals surface area contributed by atoms with Gasteiger partial charge in [-0.25, -0.2) is 23.4 Å². The minimum Gasteiger partial charge on any atom is -0.381 e. The molecule has 0 radical (unpaired) electrons. The molecule has 1 aliphatic heterocycles. The van der Waals surface area contributed by atoms with E-state index in [0.29, 0.717) is 11.6 Å². The first-order valence-electron chi connectivity index (χ1n) is 10.1. The molecule has 0 atom stereocenters. The maximum atomic E-state index is 11.7. The standard InChI is InChI=1S/C21H24ClN5O3S/c1-31(28,29)16-5-6-18(17(22)13-16)25-21-24-14-15-7-8-23-20(19(15)26-21)27-9-2-3-11-30-12-4-10-27/h5-8,13-14H,2-4,9-12H2,1H3,(H,24,25,26). The lowest BCUT2D eigenvalue weighted by Gasteiger charge is -2.23. The fraction of sp³-hybridized carbons (Fsp3) is 0.381. The van der Waals surface area contributed by atoms with Gasteiger partial charge >= 0.3 is 0 Å². The Labute approximate surface area is 186 Å². The summed E-state index contributed by atoms with van der Waals surface area (Å²) in [7, 11) is -3.34. The van der Waals surface area contributed by atoms with E-state index in [0.717, 1.165) is 68.5 Å². The van der Waals surface area contributed by atoms with Crippen molar-refractivity contribution in [2.24, 2.45) is 0 Å². The number of sulfone groups is 1. The van der Waals surface area contributed by atoms with Crippen LogP contribution >= 0.6 is 11.6 Å². The van der Waals surface area contributed by atoms with Gasteiger partial charge in [-0.2, -0.15) is 0 Å². The van der Waals surface area contributed by atoms with Gasteiger partial charge in [0, 0.05) is 50.3 Å². The molecule has 164 valence electrons. The number of anilines is 3. The molecule has 0 bridgehead atoms. The third-order valence-corrected chi connectivity index (χ3v) is 6.50. The highest BCUT2D eigenvalue weighted by molar-refractivity contribution is 7.90. The molecule has 1 aromatic carbocycles. The smallest absolute Gasteiger partial charge is 0.227 e. The van der Waals surface area contributed by atoms with Gasteiger partial charge in [-0.15, -0.1) is 0 Å². The summed E-state index contributed by atoms with van der Waals surface area (Å²) in [6, 6.07) is 6.41. The summed E-state index contributed by atoms with van der Waals surface area (Å²) in [5.74, 6) is 1.19. The van der Waals surface area contributed by atoms with E-state index >= 15 is 0 Å². The van der Waals surface area contributed by atoms with Crippen LogP contribution in [0.3, 0.4) is 0 Å². The normalized spacial score (nSPS) is 15.9. The Morgan fingerprint density at radius 3 is 2.71 bits per heavy atom. The molecule has 0 saturated carbocycles. The lowest BCUT2D eigenvalue weighted by molar-refractivity contribution is 0.133. The number of hydrogen-bond donors (Lipinski definition) is 1. The van der Waals surface area contributed by atoms with Gasteiger partial charge in [0.1, 0.15) is 5.52 Å². The molecule has 1 N–H and O–H groups in total. The molecule has 31 heavy (non-hydrogen) atoms. The van der Waals surface area contributed by atoms with Crippen molar-refractivity contribution in [1.82, 2.24) is 15.0 Å². The maximum Gasteiger partial charge on any atom is 0.227 e. The Kier molecular flexibility index (Phi) is 6.54. The molecule has 1 fully saturated rings. The zero-order valence-electron chi connectivity index (χ0n) is 17.2. The number of ether oxygens (including phenoxy) is 1. The fourth-order valence-corrected chi connectivity index (χ4v) is 4.41. The van der Waals surface area contributed by atoms with Crippen molar-refractivity contribution in [3.8, 4) is 0 Å². The van der Waals surface area contributed by atoms with Crippen molar-refractivity contribution in [3.63, 3.8) is 0 Å². The van der Waals surface area contributed by atoms with Gasteiger partial charge in [0.25, 0.3) is 0 Å². The van der Waals surface area contributed by atoms with Crippen LogP contribution in [0, 0.1) is 0 Å². The Bertz CT molecular complexity index is 1180. The molecule has 0 spiro atoms. The highest BCUT2D eigenvalue weighted by atomic mass is 35.5. The minimum absolute atomic E-state index is 0.158. The van der Waals surface area contributed by atoms with Gasteiger partial charge in [0.2, 0.25) is 5.95 Å². The molecular weight excluding hydrogens is 438 g/mol. The van der Waals surface area contributed by atoms with Crippen molar-refractivity contribution in [3.05, 3.63) is 41.7 Å². The van der Waals surface area contributed by atoms with Crippen LogP contribution in [0.5, 0.6) is 0 Å². The van der Waals surface area contributed by atoms with Crippen molar-refractivity contribution < 1.29 is 13.2 Å². The zero-order valence-corrected chi connectivity index (χ0v) is 18.8. The molecule has 1 saturated heterocycles. The van der Waals surface area contributed by atoms with Gasteiger partial charge in [0.15, 0.2) is 15.7 Å². The maximum absolute atomic E-state index is 11.7. The third-order valence-electron chi connectivity index (χ3n) is 5.08. The highest BCUT2D eigenvalue weighted by Gasteiger charge is 2.16. The first-order chi connectivity index (χ1) is 14.9. The Balaban J connectivity index is 1.65. The first kappa shape index (κ1) is 21.7. The van der Waals surface area contributed by atoms with E-state index in [2.05, 4.69) is 20.2 Å².